The van der Waals surface area contributed by atoms with Gasteiger partial charge in [0, 0.05) is 18.7 Å². The highest BCUT2D eigenvalue weighted by molar-refractivity contribution is 5.96. The Morgan fingerprint density at radius 2 is 2.25 bits per heavy atom. The molecular weight excluding hydrogens is 248 g/mol. The number of amides is 1. The summed E-state index contributed by atoms with van der Waals surface area (Å²) in [5.41, 5.74) is 3.82. The highest BCUT2D eigenvalue weighted by Crippen LogP contribution is 2.48. The first-order valence-electron chi connectivity index (χ1n) is 7.84. The van der Waals surface area contributed by atoms with Crippen molar-refractivity contribution in [3.8, 4) is 0 Å². The molecule has 0 radical (unpaired) electrons. The zero-order valence-corrected chi connectivity index (χ0v) is 12.3. The molecule has 20 heavy (non-hydrogen) atoms. The van der Waals surface area contributed by atoms with Crippen LogP contribution in [0.4, 0.5) is 0 Å². The van der Waals surface area contributed by atoms with Crippen LogP contribution in [0, 0.1) is 5.41 Å². The first-order chi connectivity index (χ1) is 9.74. The second kappa shape index (κ2) is 5.57. The lowest BCUT2D eigenvalue weighted by Gasteiger charge is -2.21. The van der Waals surface area contributed by atoms with Gasteiger partial charge in [-0.15, -0.1) is 0 Å². The Bertz CT molecular complexity index is 506. The number of carbonyl (C=O) groups is 1. The van der Waals surface area contributed by atoms with Crippen LogP contribution in [0.1, 0.15) is 54.1 Å². The average Bonchev–Trinajstić information content (AvgIpc) is 3.25. The van der Waals surface area contributed by atoms with E-state index in [0.29, 0.717) is 5.41 Å². The third-order valence-corrected chi connectivity index (χ3v) is 4.75. The zero-order chi connectivity index (χ0) is 14.0. The normalized spacial score (nSPS) is 19.2. The van der Waals surface area contributed by atoms with Gasteiger partial charge in [0.1, 0.15) is 0 Å². The highest BCUT2D eigenvalue weighted by Gasteiger charge is 2.41. The van der Waals surface area contributed by atoms with Crippen molar-refractivity contribution in [1.82, 2.24) is 10.6 Å². The Morgan fingerprint density at radius 1 is 1.40 bits per heavy atom. The minimum atomic E-state index is 0.117. The van der Waals surface area contributed by atoms with E-state index in [-0.39, 0.29) is 5.91 Å². The molecule has 2 N–H and O–H groups in total. The van der Waals surface area contributed by atoms with Gasteiger partial charge in [-0.1, -0.05) is 25.5 Å². The van der Waals surface area contributed by atoms with Crippen molar-refractivity contribution in [3.63, 3.8) is 0 Å². The van der Waals surface area contributed by atoms with Gasteiger partial charge in [-0.25, -0.2) is 0 Å². The van der Waals surface area contributed by atoms with E-state index in [0.717, 1.165) is 31.6 Å². The highest BCUT2D eigenvalue weighted by atomic mass is 16.1. The van der Waals surface area contributed by atoms with Crippen molar-refractivity contribution in [2.75, 3.05) is 13.1 Å². The van der Waals surface area contributed by atoms with Crippen LogP contribution in [0.2, 0.25) is 0 Å². The number of hydrogen-bond acceptors (Lipinski definition) is 2. The molecule has 1 aliphatic carbocycles. The second-order valence-electron chi connectivity index (χ2n) is 6.30. The Morgan fingerprint density at radius 3 is 3.00 bits per heavy atom. The first kappa shape index (κ1) is 13.6. The van der Waals surface area contributed by atoms with Gasteiger partial charge in [0.2, 0.25) is 0 Å². The maximum absolute atomic E-state index is 12.5. The number of fused-ring (bicyclic) bond motifs is 1. The summed E-state index contributed by atoms with van der Waals surface area (Å²) in [4.78, 5) is 12.5. The minimum absolute atomic E-state index is 0.117. The standard InChI is InChI=1S/C17H24N2O/c1-2-7-17(8-9-17)12-19-16(20)15-5-3-4-13-11-18-10-6-14(13)15/h3-5,18H,2,6-12H2,1H3,(H,19,20). The molecule has 1 aliphatic heterocycles. The first-order valence-corrected chi connectivity index (χ1v) is 7.84. The van der Waals surface area contributed by atoms with Gasteiger partial charge in [0.15, 0.2) is 0 Å². The summed E-state index contributed by atoms with van der Waals surface area (Å²) in [5.74, 6) is 0.117. The molecule has 0 unspecified atom stereocenters. The molecule has 3 rings (SSSR count). The molecule has 0 bridgehead atoms. The number of nitrogens with one attached hydrogen (secondary N) is 2. The van der Waals surface area contributed by atoms with E-state index in [1.54, 1.807) is 0 Å². The lowest BCUT2D eigenvalue weighted by Crippen LogP contribution is -2.32. The van der Waals surface area contributed by atoms with E-state index >= 15 is 0 Å². The van der Waals surface area contributed by atoms with Gasteiger partial charge in [0.05, 0.1) is 0 Å². The molecule has 0 spiro atoms. The van der Waals surface area contributed by atoms with Crippen LogP contribution in [0.3, 0.4) is 0 Å². The number of carbonyl (C=O) groups excluding carboxylic acids is 1. The lowest BCUT2D eigenvalue weighted by molar-refractivity contribution is 0.0942. The van der Waals surface area contributed by atoms with Crippen molar-refractivity contribution in [2.24, 2.45) is 5.41 Å². The number of rotatable bonds is 5. The molecule has 1 amide bonds. The smallest absolute Gasteiger partial charge is 0.251 e. The Balaban J connectivity index is 1.68. The fraction of sp³-hybridized carbons (Fsp3) is 0.588. The molecule has 0 aromatic heterocycles. The van der Waals surface area contributed by atoms with Crippen LogP contribution in [-0.4, -0.2) is 19.0 Å². The third kappa shape index (κ3) is 2.73. The predicted molar refractivity (Wildman–Crippen MR) is 80.8 cm³/mol. The molecule has 1 aromatic carbocycles. The van der Waals surface area contributed by atoms with Crippen LogP contribution in [0.15, 0.2) is 18.2 Å². The molecule has 3 heteroatoms. The van der Waals surface area contributed by atoms with Crippen molar-refractivity contribution in [2.45, 2.75) is 45.6 Å². The van der Waals surface area contributed by atoms with Gasteiger partial charge in [-0.2, -0.15) is 0 Å². The van der Waals surface area contributed by atoms with Crippen molar-refractivity contribution in [3.05, 3.63) is 34.9 Å². The van der Waals surface area contributed by atoms with Gasteiger partial charge in [-0.3, -0.25) is 4.79 Å². The summed E-state index contributed by atoms with van der Waals surface area (Å²) in [6, 6.07) is 6.09. The molecule has 3 nitrogen and oxygen atoms in total. The molecule has 2 aliphatic rings. The Hall–Kier alpha value is -1.35. The van der Waals surface area contributed by atoms with Gasteiger partial charge in [0.25, 0.3) is 5.91 Å². The molecule has 108 valence electrons. The Labute approximate surface area is 121 Å². The molecule has 0 saturated heterocycles. The fourth-order valence-corrected chi connectivity index (χ4v) is 3.33. The molecule has 0 atom stereocenters. The van der Waals surface area contributed by atoms with Gasteiger partial charge >= 0.3 is 0 Å². The average molecular weight is 272 g/mol. The largest absolute Gasteiger partial charge is 0.351 e. The van der Waals surface area contributed by atoms with Crippen molar-refractivity contribution in [1.29, 1.82) is 0 Å². The summed E-state index contributed by atoms with van der Waals surface area (Å²) in [6.07, 6.45) is 5.96. The van der Waals surface area contributed by atoms with Gasteiger partial charge in [-0.05, 0) is 54.8 Å². The third-order valence-electron chi connectivity index (χ3n) is 4.75. The van der Waals surface area contributed by atoms with E-state index in [4.69, 9.17) is 0 Å². The summed E-state index contributed by atoms with van der Waals surface area (Å²) in [5, 5.41) is 6.54. The number of benzene rings is 1. The topological polar surface area (TPSA) is 41.1 Å². The maximum Gasteiger partial charge on any atom is 0.251 e. The zero-order valence-electron chi connectivity index (χ0n) is 12.3. The SMILES string of the molecule is CCCC1(CNC(=O)c2cccc3c2CCNC3)CC1. The van der Waals surface area contributed by atoms with Crippen LogP contribution >= 0.6 is 0 Å². The minimum Gasteiger partial charge on any atom is -0.351 e. The summed E-state index contributed by atoms with van der Waals surface area (Å²) in [6.45, 7) is 4.93. The summed E-state index contributed by atoms with van der Waals surface area (Å²) < 4.78 is 0. The van der Waals surface area contributed by atoms with Crippen molar-refractivity contribution >= 4 is 5.91 Å². The van der Waals surface area contributed by atoms with E-state index in [9.17, 15) is 4.79 Å². The van der Waals surface area contributed by atoms with Crippen LogP contribution < -0.4 is 10.6 Å². The summed E-state index contributed by atoms with van der Waals surface area (Å²) in [7, 11) is 0. The van der Waals surface area contributed by atoms with Gasteiger partial charge < -0.3 is 10.6 Å². The molecule has 1 saturated carbocycles. The van der Waals surface area contributed by atoms with E-state index < -0.39 is 0 Å². The quantitative estimate of drug-likeness (QED) is 0.865. The number of hydrogen-bond donors (Lipinski definition) is 2. The maximum atomic E-state index is 12.5. The Kier molecular flexibility index (Phi) is 3.79. The molecule has 1 aromatic rings. The van der Waals surface area contributed by atoms with E-state index in [2.05, 4.69) is 23.6 Å². The molecule has 1 heterocycles. The van der Waals surface area contributed by atoms with Crippen LogP contribution in [-0.2, 0) is 13.0 Å². The fourth-order valence-electron chi connectivity index (χ4n) is 3.33. The molecule has 1 fully saturated rings. The predicted octanol–water partition coefficient (Wildman–Crippen LogP) is 2.64. The van der Waals surface area contributed by atoms with E-state index in [1.165, 1.54) is 36.8 Å². The summed E-state index contributed by atoms with van der Waals surface area (Å²) >= 11 is 0. The van der Waals surface area contributed by atoms with Crippen LogP contribution in [0.25, 0.3) is 0 Å². The van der Waals surface area contributed by atoms with Crippen molar-refractivity contribution < 1.29 is 4.79 Å². The second-order valence-corrected chi connectivity index (χ2v) is 6.30. The molecular formula is C17H24N2O. The lowest BCUT2D eigenvalue weighted by atomic mass is 9.94. The monoisotopic (exact) mass is 272 g/mol. The van der Waals surface area contributed by atoms with Crippen LogP contribution in [0.5, 0.6) is 0 Å². The van der Waals surface area contributed by atoms with E-state index in [1.807, 2.05) is 12.1 Å².